The molecule has 1 N–H and O–H groups in total. The molecule has 2 rings (SSSR count). The predicted octanol–water partition coefficient (Wildman–Crippen LogP) is 2.92. The number of benzene rings is 2. The Hall–Kier alpha value is -2.56. The number of fused-ring (bicyclic) bond motifs is 1. The van der Waals surface area contributed by atoms with Crippen LogP contribution in [-0.2, 0) is 9.53 Å². The van der Waals surface area contributed by atoms with Crippen molar-refractivity contribution < 1.29 is 19.1 Å². The van der Waals surface area contributed by atoms with Crippen LogP contribution in [0.3, 0.4) is 0 Å². The molecule has 0 heterocycles. The van der Waals surface area contributed by atoms with E-state index in [1.54, 1.807) is 12.1 Å². The summed E-state index contributed by atoms with van der Waals surface area (Å²) < 4.78 is 10.3. The molecule has 2 aromatic rings. The fraction of sp³-hybridized carbons (Fsp3) is 0.333. The standard InChI is InChI=1S/C18H21NO4/c1-3-4-9-19-17(20)12-23-18(21)15-10-13-7-5-6-8-14(13)11-16(15)22-2/h5-8,10-11H,3-4,9,12H2,1-2H3,(H,19,20). The minimum Gasteiger partial charge on any atom is -0.496 e. The van der Waals surface area contributed by atoms with Crippen molar-refractivity contribution in [3.05, 3.63) is 42.0 Å². The maximum Gasteiger partial charge on any atom is 0.342 e. The second-order valence-corrected chi connectivity index (χ2v) is 5.18. The lowest BCUT2D eigenvalue weighted by Gasteiger charge is -2.10. The third kappa shape index (κ3) is 4.45. The molecule has 0 aromatic heterocycles. The van der Waals surface area contributed by atoms with Crippen molar-refractivity contribution in [1.82, 2.24) is 5.32 Å². The number of ether oxygens (including phenoxy) is 2. The molecule has 5 nitrogen and oxygen atoms in total. The van der Waals surface area contributed by atoms with Crippen molar-refractivity contribution in [2.45, 2.75) is 19.8 Å². The monoisotopic (exact) mass is 315 g/mol. The van der Waals surface area contributed by atoms with E-state index in [0.717, 1.165) is 23.6 Å². The highest BCUT2D eigenvalue weighted by atomic mass is 16.5. The Kier molecular flexibility index (Phi) is 5.97. The average Bonchev–Trinajstić information content (AvgIpc) is 2.58. The Labute approximate surface area is 135 Å². The molecule has 0 saturated carbocycles. The topological polar surface area (TPSA) is 64.6 Å². The lowest BCUT2D eigenvalue weighted by atomic mass is 10.1. The summed E-state index contributed by atoms with van der Waals surface area (Å²) in [6.45, 7) is 2.34. The Balaban J connectivity index is 2.06. The van der Waals surface area contributed by atoms with Crippen LogP contribution in [-0.4, -0.2) is 32.1 Å². The van der Waals surface area contributed by atoms with Crippen LogP contribution >= 0.6 is 0 Å². The summed E-state index contributed by atoms with van der Waals surface area (Å²) in [4.78, 5) is 23.8. The van der Waals surface area contributed by atoms with E-state index >= 15 is 0 Å². The highest BCUT2D eigenvalue weighted by Crippen LogP contribution is 2.26. The Morgan fingerprint density at radius 2 is 1.83 bits per heavy atom. The molecule has 122 valence electrons. The molecular weight excluding hydrogens is 294 g/mol. The van der Waals surface area contributed by atoms with Gasteiger partial charge in [0.15, 0.2) is 6.61 Å². The van der Waals surface area contributed by atoms with Crippen molar-refractivity contribution >= 4 is 22.6 Å². The lowest BCUT2D eigenvalue weighted by Crippen LogP contribution is -2.29. The van der Waals surface area contributed by atoms with Gasteiger partial charge < -0.3 is 14.8 Å². The average molecular weight is 315 g/mol. The number of rotatable bonds is 7. The molecule has 0 spiro atoms. The molecule has 1 amide bonds. The summed E-state index contributed by atoms with van der Waals surface area (Å²) in [5, 5.41) is 4.58. The van der Waals surface area contributed by atoms with Gasteiger partial charge in [0.25, 0.3) is 5.91 Å². The van der Waals surface area contributed by atoms with Crippen molar-refractivity contribution in [3.8, 4) is 5.75 Å². The summed E-state index contributed by atoms with van der Waals surface area (Å²) in [5.41, 5.74) is 0.313. The van der Waals surface area contributed by atoms with Crippen molar-refractivity contribution in [2.24, 2.45) is 0 Å². The van der Waals surface area contributed by atoms with Gasteiger partial charge in [-0.3, -0.25) is 4.79 Å². The molecule has 0 fully saturated rings. The number of unbranched alkanes of at least 4 members (excludes halogenated alkanes) is 1. The maximum absolute atomic E-state index is 12.2. The zero-order valence-electron chi connectivity index (χ0n) is 13.4. The molecule has 2 aromatic carbocycles. The first-order valence-corrected chi connectivity index (χ1v) is 7.66. The van der Waals surface area contributed by atoms with Crippen molar-refractivity contribution in [2.75, 3.05) is 20.3 Å². The number of carbonyl (C=O) groups is 2. The Bertz CT molecular complexity index is 696. The summed E-state index contributed by atoms with van der Waals surface area (Å²) in [7, 11) is 1.50. The third-order valence-electron chi connectivity index (χ3n) is 3.47. The number of amides is 1. The van der Waals surface area contributed by atoms with E-state index in [2.05, 4.69) is 5.32 Å². The molecular formula is C18H21NO4. The Morgan fingerprint density at radius 3 is 2.48 bits per heavy atom. The first-order valence-electron chi connectivity index (χ1n) is 7.66. The molecule has 0 saturated heterocycles. The number of hydrogen-bond donors (Lipinski definition) is 1. The minimum absolute atomic E-state index is 0.293. The molecule has 0 radical (unpaired) electrons. The van der Waals surface area contributed by atoms with Gasteiger partial charge in [0.1, 0.15) is 11.3 Å². The normalized spacial score (nSPS) is 10.3. The molecule has 0 aliphatic carbocycles. The molecule has 23 heavy (non-hydrogen) atoms. The SMILES string of the molecule is CCCCNC(=O)COC(=O)c1cc2ccccc2cc1OC. The fourth-order valence-corrected chi connectivity index (χ4v) is 2.21. The number of esters is 1. The van der Waals surface area contributed by atoms with Crippen LogP contribution in [0.5, 0.6) is 5.75 Å². The number of carbonyl (C=O) groups excluding carboxylic acids is 2. The van der Waals surface area contributed by atoms with Crippen LogP contribution in [0.4, 0.5) is 0 Å². The van der Waals surface area contributed by atoms with Gasteiger partial charge >= 0.3 is 5.97 Å². The zero-order valence-corrected chi connectivity index (χ0v) is 13.4. The van der Waals surface area contributed by atoms with Crippen LogP contribution in [0.15, 0.2) is 36.4 Å². The van der Waals surface area contributed by atoms with Gasteiger partial charge in [-0.2, -0.15) is 0 Å². The largest absolute Gasteiger partial charge is 0.496 e. The van der Waals surface area contributed by atoms with E-state index < -0.39 is 5.97 Å². The van der Waals surface area contributed by atoms with Gasteiger partial charge in [-0.15, -0.1) is 0 Å². The van der Waals surface area contributed by atoms with E-state index in [1.807, 2.05) is 31.2 Å². The number of nitrogens with one attached hydrogen (secondary N) is 1. The molecule has 0 aliphatic heterocycles. The van der Waals surface area contributed by atoms with Crippen molar-refractivity contribution in [3.63, 3.8) is 0 Å². The maximum atomic E-state index is 12.2. The molecule has 0 aliphatic rings. The second-order valence-electron chi connectivity index (χ2n) is 5.18. The first kappa shape index (κ1) is 16.8. The van der Waals surface area contributed by atoms with Gasteiger partial charge in [-0.1, -0.05) is 37.6 Å². The summed E-state index contributed by atoms with van der Waals surface area (Å²) in [6, 6.07) is 11.2. The highest BCUT2D eigenvalue weighted by Gasteiger charge is 2.16. The number of methoxy groups -OCH3 is 1. The smallest absolute Gasteiger partial charge is 0.342 e. The van der Waals surface area contributed by atoms with Crippen LogP contribution in [0.1, 0.15) is 30.1 Å². The summed E-state index contributed by atoms with van der Waals surface area (Å²) >= 11 is 0. The second kappa shape index (κ2) is 8.17. The van der Waals surface area contributed by atoms with Crippen LogP contribution in [0.25, 0.3) is 10.8 Å². The van der Waals surface area contributed by atoms with Crippen molar-refractivity contribution in [1.29, 1.82) is 0 Å². The van der Waals surface area contributed by atoms with Crippen LogP contribution < -0.4 is 10.1 Å². The zero-order chi connectivity index (χ0) is 16.7. The highest BCUT2D eigenvalue weighted by molar-refractivity contribution is 5.99. The first-order chi connectivity index (χ1) is 11.2. The third-order valence-corrected chi connectivity index (χ3v) is 3.47. The molecule has 5 heteroatoms. The van der Waals surface area contributed by atoms with E-state index in [4.69, 9.17) is 9.47 Å². The minimum atomic E-state index is -0.571. The van der Waals surface area contributed by atoms with Gasteiger partial charge in [0.2, 0.25) is 0 Å². The van der Waals surface area contributed by atoms with E-state index in [0.29, 0.717) is 17.9 Å². The molecule has 0 atom stereocenters. The van der Waals surface area contributed by atoms with Crippen LogP contribution in [0, 0.1) is 0 Å². The van der Waals surface area contributed by atoms with Gasteiger partial charge in [0.05, 0.1) is 7.11 Å². The van der Waals surface area contributed by atoms with Gasteiger partial charge in [-0.05, 0) is 29.3 Å². The van der Waals surface area contributed by atoms with E-state index in [9.17, 15) is 9.59 Å². The predicted molar refractivity (Wildman–Crippen MR) is 88.7 cm³/mol. The lowest BCUT2D eigenvalue weighted by molar-refractivity contribution is -0.124. The van der Waals surface area contributed by atoms with Crippen LogP contribution in [0.2, 0.25) is 0 Å². The quantitative estimate of drug-likeness (QED) is 0.630. The van der Waals surface area contributed by atoms with Gasteiger partial charge in [0, 0.05) is 6.54 Å². The Morgan fingerprint density at radius 1 is 1.13 bits per heavy atom. The molecule has 0 bridgehead atoms. The molecule has 0 unspecified atom stereocenters. The summed E-state index contributed by atoms with van der Waals surface area (Å²) in [5.74, 6) is -0.440. The summed E-state index contributed by atoms with van der Waals surface area (Å²) in [6.07, 6.45) is 1.90. The van der Waals surface area contributed by atoms with E-state index in [-0.39, 0.29) is 12.5 Å². The number of hydrogen-bond acceptors (Lipinski definition) is 4. The van der Waals surface area contributed by atoms with Gasteiger partial charge in [-0.25, -0.2) is 4.79 Å². The fourth-order valence-electron chi connectivity index (χ4n) is 2.21. The van der Waals surface area contributed by atoms with E-state index in [1.165, 1.54) is 7.11 Å².